The number of hydrogen-bond donors (Lipinski definition) is 1. The summed E-state index contributed by atoms with van der Waals surface area (Å²) in [7, 11) is -30.7. The highest BCUT2D eigenvalue weighted by atomic mass is 32.3. The fourth-order valence-electron chi connectivity index (χ4n) is 0.723. The molecule has 0 aromatic carbocycles. The predicted molar refractivity (Wildman–Crippen MR) is 66.3 cm³/mol. The van der Waals surface area contributed by atoms with Gasteiger partial charge in [0.15, 0.2) is 0 Å². The lowest BCUT2D eigenvalue weighted by molar-refractivity contribution is -0.0447. The standard InChI is InChI=1S/C4HF12N3O6S4/c5-1(6,7)26(20,18-28(22,23)3(11,12)13)17-27(21,2(8,9)10)19-29(24,25)4(14,15)16/h(H,17,18,19,20,21). The Kier molecular flexibility index (Phi) is 6.99. The van der Waals surface area contributed by atoms with E-state index >= 15 is 0 Å². The lowest BCUT2D eigenvalue weighted by Crippen LogP contribution is -2.47. The van der Waals surface area contributed by atoms with Crippen molar-refractivity contribution in [2.75, 3.05) is 0 Å². The summed E-state index contributed by atoms with van der Waals surface area (Å²) in [4.78, 5) is 0. The minimum Gasteiger partial charge on any atom is -0.223 e. The molecule has 0 saturated heterocycles. The largest absolute Gasteiger partial charge is 0.519 e. The van der Waals surface area contributed by atoms with Gasteiger partial charge in [-0.05, 0) is 0 Å². The van der Waals surface area contributed by atoms with Crippen LogP contribution in [0.5, 0.6) is 0 Å². The van der Waals surface area contributed by atoms with Crippen LogP contribution >= 0.6 is 0 Å². The van der Waals surface area contributed by atoms with Crippen molar-refractivity contribution < 1.29 is 77.9 Å². The molecule has 0 bridgehead atoms. The van der Waals surface area contributed by atoms with Gasteiger partial charge in [0.2, 0.25) is 19.8 Å². The second kappa shape index (κ2) is 7.26. The van der Waals surface area contributed by atoms with Crippen molar-refractivity contribution in [2.45, 2.75) is 22.0 Å². The zero-order valence-electron chi connectivity index (χ0n) is 12.0. The molecule has 0 fully saturated rings. The van der Waals surface area contributed by atoms with Crippen LogP contribution in [-0.4, -0.2) is 47.3 Å². The molecule has 2 unspecified atom stereocenters. The van der Waals surface area contributed by atoms with Gasteiger partial charge in [0.05, 0.1) is 0 Å². The van der Waals surface area contributed by atoms with Crippen LogP contribution in [0, 0.1) is 0 Å². The molecule has 0 saturated carbocycles. The van der Waals surface area contributed by atoms with Gasteiger partial charge in [-0.3, -0.25) is 0 Å². The van der Waals surface area contributed by atoms with Crippen molar-refractivity contribution in [2.24, 2.45) is 7.54 Å². The Labute approximate surface area is 152 Å². The summed E-state index contributed by atoms with van der Waals surface area (Å²) < 4.78 is 214. The molecule has 0 spiro atoms. The zero-order valence-corrected chi connectivity index (χ0v) is 15.3. The summed E-state index contributed by atoms with van der Waals surface area (Å²) in [6, 6.07) is 0. The quantitative estimate of drug-likeness (QED) is 0.539. The minimum atomic E-state index is -7.76. The Morgan fingerprint density at radius 1 is 0.448 bits per heavy atom. The third-order valence-corrected chi connectivity index (χ3v) is 9.33. The molecule has 9 nitrogen and oxygen atoms in total. The maximum Gasteiger partial charge on any atom is 0.519 e. The van der Waals surface area contributed by atoms with Crippen molar-refractivity contribution in [1.29, 1.82) is 0 Å². The molecule has 176 valence electrons. The summed E-state index contributed by atoms with van der Waals surface area (Å²) in [6.07, 6.45) is 0. The van der Waals surface area contributed by atoms with Gasteiger partial charge in [-0.25, -0.2) is 8.42 Å². The van der Waals surface area contributed by atoms with E-state index in [9.17, 15) is 77.9 Å². The topological polar surface area (TPSA) is 139 Å². The molecule has 2 atom stereocenters. The molecule has 0 aliphatic heterocycles. The predicted octanol–water partition coefficient (Wildman–Crippen LogP) is 2.08. The van der Waals surface area contributed by atoms with Crippen LogP contribution in [0.15, 0.2) is 7.54 Å². The first kappa shape index (κ1) is 27.9. The van der Waals surface area contributed by atoms with Crippen LogP contribution in [0.1, 0.15) is 0 Å². The van der Waals surface area contributed by atoms with Crippen LogP contribution in [-0.2, 0) is 39.9 Å². The first-order chi connectivity index (χ1) is 12.1. The molecule has 0 heterocycles. The molecular weight excluding hydrogens is 542 g/mol. The third-order valence-electron chi connectivity index (χ3n) is 1.84. The summed E-state index contributed by atoms with van der Waals surface area (Å²) in [5.74, 6) is 0. The van der Waals surface area contributed by atoms with Crippen molar-refractivity contribution in [3.8, 4) is 0 Å². The Morgan fingerprint density at radius 3 is 0.793 bits per heavy atom. The molecule has 29 heavy (non-hydrogen) atoms. The summed E-state index contributed by atoms with van der Waals surface area (Å²) in [5, 5.41) is 0. The highest BCUT2D eigenvalue weighted by Gasteiger charge is 2.58. The zero-order chi connectivity index (χ0) is 24.1. The molecule has 0 rings (SSSR count). The van der Waals surface area contributed by atoms with Gasteiger partial charge in [-0.15, -0.1) is 4.13 Å². The van der Waals surface area contributed by atoms with Gasteiger partial charge < -0.3 is 0 Å². The lowest BCUT2D eigenvalue weighted by Gasteiger charge is -2.19. The molecule has 0 aliphatic carbocycles. The van der Waals surface area contributed by atoms with Gasteiger partial charge in [-0.1, -0.05) is 7.54 Å². The number of nitrogens with one attached hydrogen (secondary N) is 1. The van der Waals surface area contributed by atoms with E-state index in [-0.39, 0.29) is 0 Å². The Morgan fingerprint density at radius 2 is 0.655 bits per heavy atom. The SMILES string of the molecule is O=S(=O)(N=S(=O)(NS(=O)(=NS(=O)(=O)C(F)(F)F)C(F)(F)F)C(F)(F)F)C(F)(F)F. The second-order valence-electron chi connectivity index (χ2n) is 4.02. The number of alkyl halides is 12. The Bertz CT molecular complexity index is 1000. The van der Waals surface area contributed by atoms with Crippen LogP contribution in [0.3, 0.4) is 0 Å². The molecular formula is C4HF12N3O6S4. The van der Waals surface area contributed by atoms with E-state index in [1.54, 1.807) is 0 Å². The van der Waals surface area contributed by atoms with E-state index in [1.165, 1.54) is 0 Å². The fourth-order valence-corrected chi connectivity index (χ4v) is 7.06. The van der Waals surface area contributed by atoms with Gasteiger partial charge in [-0.2, -0.15) is 69.5 Å². The van der Waals surface area contributed by atoms with E-state index in [4.69, 9.17) is 0 Å². The summed E-state index contributed by atoms with van der Waals surface area (Å²) in [6.45, 7) is 0. The second-order valence-corrected chi connectivity index (χ2v) is 11.7. The highest BCUT2D eigenvalue weighted by molar-refractivity contribution is 8.13. The van der Waals surface area contributed by atoms with Gasteiger partial charge in [0.25, 0.3) is 0 Å². The third kappa shape index (κ3) is 5.97. The average Bonchev–Trinajstić information content (AvgIpc) is 2.30. The molecule has 1 N–H and O–H groups in total. The molecule has 0 aliphatic rings. The van der Waals surface area contributed by atoms with E-state index in [1.807, 2.05) is 0 Å². The normalized spacial score (nSPS) is 19.2. The van der Waals surface area contributed by atoms with Crippen LogP contribution in [0.2, 0.25) is 0 Å². The number of sulfonamides is 2. The monoisotopic (exact) mass is 543 g/mol. The van der Waals surface area contributed by atoms with Crippen LogP contribution in [0.25, 0.3) is 0 Å². The van der Waals surface area contributed by atoms with Gasteiger partial charge >= 0.3 is 42.1 Å². The van der Waals surface area contributed by atoms with Gasteiger partial charge in [0.1, 0.15) is 0 Å². The average molecular weight is 543 g/mol. The van der Waals surface area contributed by atoms with Crippen molar-refractivity contribution >= 4 is 39.9 Å². The van der Waals surface area contributed by atoms with E-state index in [0.717, 1.165) is 0 Å². The number of halogens is 12. The first-order valence-corrected chi connectivity index (χ1v) is 11.1. The highest BCUT2D eigenvalue weighted by Crippen LogP contribution is 2.35. The van der Waals surface area contributed by atoms with Crippen LogP contribution in [0.4, 0.5) is 52.7 Å². The van der Waals surface area contributed by atoms with Crippen LogP contribution < -0.4 is 4.13 Å². The van der Waals surface area contributed by atoms with E-state index in [0.29, 0.717) is 7.54 Å². The van der Waals surface area contributed by atoms with Crippen molar-refractivity contribution in [1.82, 2.24) is 4.13 Å². The molecule has 0 amide bonds. The smallest absolute Gasteiger partial charge is 0.223 e. The molecule has 0 aromatic heterocycles. The molecule has 0 radical (unpaired) electrons. The molecule has 0 aromatic rings. The maximum atomic E-state index is 12.6. The number of nitrogens with zero attached hydrogens (tertiary/aromatic N) is 2. The maximum absolute atomic E-state index is 12.6. The minimum absolute atomic E-state index is 0.597. The Balaban J connectivity index is 7.36. The summed E-state index contributed by atoms with van der Waals surface area (Å²) >= 11 is 0. The number of hydrogen-bond acceptors (Lipinski definition) is 6. The van der Waals surface area contributed by atoms with E-state index < -0.39 is 66.0 Å². The van der Waals surface area contributed by atoms with Crippen molar-refractivity contribution in [3.05, 3.63) is 0 Å². The Hall–Kier alpha value is -1.08. The van der Waals surface area contributed by atoms with Gasteiger partial charge in [0, 0.05) is 0 Å². The first-order valence-electron chi connectivity index (χ1n) is 5.22. The lowest BCUT2D eigenvalue weighted by atomic mass is 11.6. The summed E-state index contributed by atoms with van der Waals surface area (Å²) in [5.41, 5.74) is -27.8. The number of rotatable bonds is 4. The fraction of sp³-hybridized carbons (Fsp3) is 1.00. The molecule has 25 heteroatoms. The van der Waals surface area contributed by atoms with E-state index in [2.05, 4.69) is 0 Å². The van der Waals surface area contributed by atoms with Crippen molar-refractivity contribution in [3.63, 3.8) is 0 Å².